The van der Waals surface area contributed by atoms with Crippen LogP contribution >= 0.6 is 12.2 Å². The van der Waals surface area contributed by atoms with E-state index >= 15 is 0 Å². The lowest BCUT2D eigenvalue weighted by atomic mass is 10.1. The third kappa shape index (κ3) is 2.91. The van der Waals surface area contributed by atoms with E-state index in [4.69, 9.17) is 18.0 Å². The maximum atomic E-state index is 13.5. The van der Waals surface area contributed by atoms with Gasteiger partial charge in [-0.25, -0.2) is 9.37 Å². The van der Waals surface area contributed by atoms with Gasteiger partial charge in [0.15, 0.2) is 0 Å². The molecule has 20 heavy (non-hydrogen) atoms. The van der Waals surface area contributed by atoms with E-state index in [-0.39, 0.29) is 16.1 Å². The molecule has 0 unspecified atom stereocenters. The van der Waals surface area contributed by atoms with Crippen molar-refractivity contribution >= 4 is 17.2 Å². The van der Waals surface area contributed by atoms with E-state index in [9.17, 15) is 9.18 Å². The molecule has 0 saturated heterocycles. The van der Waals surface area contributed by atoms with Crippen molar-refractivity contribution in [3.63, 3.8) is 0 Å². The Kier molecular flexibility index (Phi) is 3.94. The fourth-order valence-corrected chi connectivity index (χ4v) is 2.15. The van der Waals surface area contributed by atoms with Gasteiger partial charge in [0.25, 0.3) is 5.56 Å². The molecule has 0 radical (unpaired) electrons. The number of halogens is 1. The highest BCUT2D eigenvalue weighted by Gasteiger charge is 2.09. The van der Waals surface area contributed by atoms with Crippen LogP contribution < -0.4 is 11.3 Å². The summed E-state index contributed by atoms with van der Waals surface area (Å²) in [5.74, 6) is 0.142. The molecule has 1 heterocycles. The number of benzene rings is 1. The van der Waals surface area contributed by atoms with Crippen LogP contribution in [0.2, 0.25) is 0 Å². The monoisotopic (exact) mass is 291 g/mol. The molecule has 1 aromatic carbocycles. The zero-order chi connectivity index (χ0) is 14.9. The Morgan fingerprint density at radius 1 is 1.40 bits per heavy atom. The fraction of sp³-hybridized carbons (Fsp3) is 0.214. The van der Waals surface area contributed by atoms with E-state index in [2.05, 4.69) is 4.98 Å². The lowest BCUT2D eigenvalue weighted by molar-refractivity contribution is 0.622. The molecule has 2 N–H and O–H groups in total. The molecule has 1 aromatic heterocycles. The van der Waals surface area contributed by atoms with Crippen LogP contribution in [0.4, 0.5) is 4.39 Å². The molecule has 104 valence electrons. The summed E-state index contributed by atoms with van der Waals surface area (Å²) in [6, 6.07) is 5.92. The van der Waals surface area contributed by atoms with Crippen LogP contribution in [0.15, 0.2) is 29.1 Å². The summed E-state index contributed by atoms with van der Waals surface area (Å²) in [5, 5.41) is 0. The Balaban J connectivity index is 2.43. The number of rotatable bonds is 3. The second-order valence-electron chi connectivity index (χ2n) is 4.55. The number of nitrogens with two attached hydrogens (primary N) is 1. The lowest BCUT2D eigenvalue weighted by Gasteiger charge is -2.11. The van der Waals surface area contributed by atoms with Crippen LogP contribution in [0.3, 0.4) is 0 Å². The lowest BCUT2D eigenvalue weighted by Crippen LogP contribution is -2.24. The molecular weight excluding hydrogens is 277 g/mol. The van der Waals surface area contributed by atoms with Gasteiger partial charge in [0.05, 0.1) is 6.54 Å². The first-order valence-electron chi connectivity index (χ1n) is 6.02. The van der Waals surface area contributed by atoms with E-state index in [0.29, 0.717) is 18.1 Å². The minimum atomic E-state index is -0.465. The molecule has 0 amide bonds. The summed E-state index contributed by atoms with van der Waals surface area (Å²) in [4.78, 5) is 16.2. The summed E-state index contributed by atoms with van der Waals surface area (Å²) in [5.41, 5.74) is 6.92. The minimum Gasteiger partial charge on any atom is -0.389 e. The average Bonchev–Trinajstić information content (AvgIpc) is 2.35. The maximum absolute atomic E-state index is 13.5. The Morgan fingerprint density at radius 2 is 2.10 bits per heavy atom. The number of nitrogens with zero attached hydrogens (tertiary/aromatic N) is 2. The number of hydrogen-bond donors (Lipinski definition) is 1. The summed E-state index contributed by atoms with van der Waals surface area (Å²) in [6.07, 6.45) is 0. The molecule has 0 fully saturated rings. The number of aromatic nitrogens is 2. The Morgan fingerprint density at radius 3 is 2.70 bits per heavy atom. The van der Waals surface area contributed by atoms with Crippen LogP contribution in [0.25, 0.3) is 0 Å². The largest absolute Gasteiger partial charge is 0.389 e. The normalized spacial score (nSPS) is 10.6. The molecule has 4 nitrogen and oxygen atoms in total. The van der Waals surface area contributed by atoms with E-state index < -0.39 is 5.82 Å². The third-order valence-electron chi connectivity index (χ3n) is 2.96. The number of thiocarbonyl (C=S) groups is 1. The maximum Gasteiger partial charge on any atom is 0.254 e. The molecule has 0 atom stereocenters. The average molecular weight is 291 g/mol. The van der Waals surface area contributed by atoms with Gasteiger partial charge in [-0.1, -0.05) is 18.3 Å². The van der Waals surface area contributed by atoms with E-state index in [1.807, 2.05) is 0 Å². The van der Waals surface area contributed by atoms with Crippen LogP contribution in [0.1, 0.15) is 22.6 Å². The van der Waals surface area contributed by atoms with Gasteiger partial charge in [-0.05, 0) is 31.5 Å². The topological polar surface area (TPSA) is 60.9 Å². The van der Waals surface area contributed by atoms with E-state index in [0.717, 1.165) is 5.56 Å². The van der Waals surface area contributed by atoms with Gasteiger partial charge in [0, 0.05) is 17.3 Å². The number of aryl methyl sites for hydroxylation is 2. The first-order chi connectivity index (χ1) is 9.38. The van der Waals surface area contributed by atoms with Crippen molar-refractivity contribution in [2.45, 2.75) is 20.4 Å². The molecule has 0 aliphatic heterocycles. The summed E-state index contributed by atoms with van der Waals surface area (Å²) < 4.78 is 15.0. The molecule has 0 aliphatic rings. The smallest absolute Gasteiger partial charge is 0.254 e. The molecule has 0 spiro atoms. The molecule has 0 saturated carbocycles. The molecule has 2 rings (SSSR count). The van der Waals surface area contributed by atoms with E-state index in [1.54, 1.807) is 26.0 Å². The SMILES string of the molecule is Cc1cc(=O)n(Cc2ccc(F)c(C(N)=S)c2)c(C)n1. The second-order valence-corrected chi connectivity index (χ2v) is 4.99. The van der Waals surface area contributed by atoms with Crippen molar-refractivity contribution in [3.8, 4) is 0 Å². The zero-order valence-corrected chi connectivity index (χ0v) is 12.0. The first-order valence-corrected chi connectivity index (χ1v) is 6.42. The molecular formula is C14H14FN3OS. The van der Waals surface area contributed by atoms with Crippen LogP contribution in [-0.4, -0.2) is 14.5 Å². The van der Waals surface area contributed by atoms with Crippen LogP contribution in [0.5, 0.6) is 0 Å². The molecule has 0 bridgehead atoms. The van der Waals surface area contributed by atoms with Gasteiger partial charge >= 0.3 is 0 Å². The summed E-state index contributed by atoms with van der Waals surface area (Å²) in [6.45, 7) is 3.82. The predicted octanol–water partition coefficient (Wildman–Crippen LogP) is 1.68. The summed E-state index contributed by atoms with van der Waals surface area (Å²) in [7, 11) is 0. The summed E-state index contributed by atoms with van der Waals surface area (Å²) >= 11 is 4.80. The van der Waals surface area contributed by atoms with Crippen LogP contribution in [0, 0.1) is 19.7 Å². The van der Waals surface area contributed by atoms with Gasteiger partial charge in [0.2, 0.25) is 0 Å². The quantitative estimate of drug-likeness (QED) is 0.874. The van der Waals surface area contributed by atoms with Crippen molar-refractivity contribution in [3.05, 3.63) is 63.1 Å². The third-order valence-corrected chi connectivity index (χ3v) is 3.18. The molecule has 6 heteroatoms. The highest BCUT2D eigenvalue weighted by atomic mass is 32.1. The van der Waals surface area contributed by atoms with Gasteiger partial charge in [-0.2, -0.15) is 0 Å². The molecule has 2 aromatic rings. The van der Waals surface area contributed by atoms with Gasteiger partial charge in [-0.15, -0.1) is 0 Å². The highest BCUT2D eigenvalue weighted by molar-refractivity contribution is 7.80. The van der Waals surface area contributed by atoms with Crippen molar-refractivity contribution in [2.24, 2.45) is 5.73 Å². The van der Waals surface area contributed by atoms with E-state index in [1.165, 1.54) is 16.7 Å². The zero-order valence-electron chi connectivity index (χ0n) is 11.2. The predicted molar refractivity (Wildman–Crippen MR) is 79.4 cm³/mol. The van der Waals surface area contributed by atoms with Crippen molar-refractivity contribution in [2.75, 3.05) is 0 Å². The van der Waals surface area contributed by atoms with Crippen molar-refractivity contribution < 1.29 is 4.39 Å². The Bertz CT molecular complexity index is 740. The van der Waals surface area contributed by atoms with Gasteiger partial charge in [-0.3, -0.25) is 9.36 Å². The van der Waals surface area contributed by atoms with Crippen molar-refractivity contribution in [1.82, 2.24) is 9.55 Å². The van der Waals surface area contributed by atoms with Crippen molar-refractivity contribution in [1.29, 1.82) is 0 Å². The van der Waals surface area contributed by atoms with Gasteiger partial charge < -0.3 is 5.73 Å². The number of hydrogen-bond acceptors (Lipinski definition) is 3. The second kappa shape index (κ2) is 5.50. The standard InChI is InChI=1S/C14H14FN3OS/c1-8-5-13(19)18(9(2)17-8)7-10-3-4-12(15)11(6-10)14(16)20/h3-6H,7H2,1-2H3,(H2,16,20). The Hall–Kier alpha value is -2.08. The molecule has 0 aliphatic carbocycles. The van der Waals surface area contributed by atoms with Crippen LogP contribution in [-0.2, 0) is 6.54 Å². The van der Waals surface area contributed by atoms with Gasteiger partial charge in [0.1, 0.15) is 16.6 Å². The Labute approximate surface area is 121 Å². The highest BCUT2D eigenvalue weighted by Crippen LogP contribution is 2.12. The fourth-order valence-electron chi connectivity index (χ4n) is 2.00. The minimum absolute atomic E-state index is 0.00421. The first kappa shape index (κ1) is 14.3.